The first-order valence-corrected chi connectivity index (χ1v) is 10.7. The highest BCUT2D eigenvalue weighted by molar-refractivity contribution is 7.92. The molecule has 0 heterocycles. The van der Waals surface area contributed by atoms with Gasteiger partial charge in [-0.25, -0.2) is 8.42 Å². The Hall–Kier alpha value is -4.09. The summed E-state index contributed by atoms with van der Waals surface area (Å²) in [6.07, 6.45) is 0. The first-order valence-electron chi connectivity index (χ1n) is 9.20. The molecule has 31 heavy (non-hydrogen) atoms. The molecular formula is C23H19N3O4S. The van der Waals surface area contributed by atoms with E-state index in [0.29, 0.717) is 16.9 Å². The molecule has 0 saturated carbocycles. The molecular weight excluding hydrogens is 414 g/mol. The second-order valence-electron chi connectivity index (χ2n) is 6.65. The van der Waals surface area contributed by atoms with Crippen molar-refractivity contribution < 1.29 is 18.3 Å². The van der Waals surface area contributed by atoms with Gasteiger partial charge in [-0.1, -0.05) is 48.0 Å². The highest BCUT2D eigenvalue weighted by atomic mass is 32.2. The van der Waals surface area contributed by atoms with Crippen LogP contribution in [0.1, 0.15) is 11.1 Å². The molecule has 8 heteroatoms. The highest BCUT2D eigenvalue weighted by Gasteiger charge is 2.17. The van der Waals surface area contributed by atoms with Gasteiger partial charge in [-0.15, -0.1) is 0 Å². The Balaban J connectivity index is 1.74. The number of hydrogen-bond acceptors (Lipinski definition) is 5. The van der Waals surface area contributed by atoms with Gasteiger partial charge in [-0.2, -0.15) is 5.26 Å². The number of nitrogens with one attached hydrogen (secondary N) is 2. The molecule has 3 aromatic rings. The summed E-state index contributed by atoms with van der Waals surface area (Å²) in [6.45, 7) is 1.86. The first kappa shape index (κ1) is 21.6. The van der Waals surface area contributed by atoms with E-state index in [2.05, 4.69) is 10.0 Å². The molecule has 0 aliphatic carbocycles. The molecule has 0 unspecified atom stereocenters. The van der Waals surface area contributed by atoms with E-state index in [1.807, 2.05) is 6.92 Å². The molecule has 3 rings (SSSR count). The molecule has 156 valence electrons. The Morgan fingerprint density at radius 1 is 0.903 bits per heavy atom. The number of aliphatic hydroxyl groups is 1. The van der Waals surface area contributed by atoms with Crippen LogP contribution in [-0.2, 0) is 14.8 Å². The molecule has 0 saturated heterocycles. The molecule has 7 nitrogen and oxygen atoms in total. The molecule has 0 radical (unpaired) electrons. The van der Waals surface area contributed by atoms with Crippen molar-refractivity contribution in [2.75, 3.05) is 10.0 Å². The summed E-state index contributed by atoms with van der Waals surface area (Å²) in [7, 11) is -3.75. The number of nitrogens with zero attached hydrogens (tertiary/aromatic N) is 1. The number of aryl methyl sites for hydroxylation is 1. The van der Waals surface area contributed by atoms with Gasteiger partial charge in [0, 0.05) is 16.9 Å². The summed E-state index contributed by atoms with van der Waals surface area (Å²) < 4.78 is 27.4. The van der Waals surface area contributed by atoms with Crippen LogP contribution in [0.15, 0.2) is 89.3 Å². The lowest BCUT2D eigenvalue weighted by molar-refractivity contribution is -0.112. The zero-order valence-corrected chi connectivity index (χ0v) is 17.3. The summed E-state index contributed by atoms with van der Waals surface area (Å²) in [5.41, 5.74) is 1.49. The van der Waals surface area contributed by atoms with Gasteiger partial charge >= 0.3 is 0 Å². The molecule has 0 aromatic heterocycles. The second-order valence-corrected chi connectivity index (χ2v) is 8.33. The number of sulfonamides is 1. The van der Waals surface area contributed by atoms with Crippen molar-refractivity contribution in [3.63, 3.8) is 0 Å². The lowest BCUT2D eigenvalue weighted by atomic mass is 10.1. The molecule has 0 bridgehead atoms. The Morgan fingerprint density at radius 3 is 2.06 bits per heavy atom. The van der Waals surface area contributed by atoms with Gasteiger partial charge in [0.25, 0.3) is 15.9 Å². The summed E-state index contributed by atoms with van der Waals surface area (Å²) in [6, 6.07) is 22.3. The van der Waals surface area contributed by atoms with Crippen molar-refractivity contribution in [2.24, 2.45) is 0 Å². The zero-order valence-electron chi connectivity index (χ0n) is 16.5. The summed E-state index contributed by atoms with van der Waals surface area (Å²) in [5, 5.41) is 22.1. The Kier molecular flexibility index (Phi) is 6.38. The predicted octanol–water partition coefficient (Wildman–Crippen LogP) is 4.23. The maximum atomic E-state index is 12.5. The fourth-order valence-electron chi connectivity index (χ4n) is 2.70. The third-order valence-corrected chi connectivity index (χ3v) is 5.75. The standard InChI is InChI=1S/C23H19N3O4S/c1-16-7-13-20(14-8-16)31(29,30)26-19-11-9-18(10-12-19)25-23(28)21(15-24)22(27)17-5-3-2-4-6-17/h2-14,26-27H,1H3,(H,25,28)/b22-21+. The van der Waals surface area contributed by atoms with Crippen LogP contribution in [0.5, 0.6) is 0 Å². The van der Waals surface area contributed by atoms with Gasteiger partial charge in [0.1, 0.15) is 11.8 Å². The van der Waals surface area contributed by atoms with Crippen LogP contribution < -0.4 is 10.0 Å². The van der Waals surface area contributed by atoms with Crippen LogP contribution in [0.25, 0.3) is 5.76 Å². The average Bonchev–Trinajstić information content (AvgIpc) is 2.76. The number of carbonyl (C=O) groups excluding carboxylic acids is 1. The smallest absolute Gasteiger partial charge is 0.270 e. The summed E-state index contributed by atoms with van der Waals surface area (Å²) >= 11 is 0. The minimum absolute atomic E-state index is 0.135. The number of hydrogen-bond donors (Lipinski definition) is 3. The molecule has 3 aromatic carbocycles. The number of aliphatic hydroxyl groups excluding tert-OH is 1. The number of rotatable bonds is 6. The van der Waals surface area contributed by atoms with Gasteiger partial charge in [0.15, 0.2) is 5.57 Å². The summed E-state index contributed by atoms with van der Waals surface area (Å²) in [5.74, 6) is -1.21. The lowest BCUT2D eigenvalue weighted by Gasteiger charge is -2.10. The fraction of sp³-hybridized carbons (Fsp3) is 0.0435. The molecule has 3 N–H and O–H groups in total. The van der Waals surface area contributed by atoms with E-state index < -0.39 is 27.3 Å². The van der Waals surface area contributed by atoms with Gasteiger partial charge in [0.2, 0.25) is 0 Å². The summed E-state index contributed by atoms with van der Waals surface area (Å²) in [4.78, 5) is 12.6. The molecule has 0 fully saturated rings. The van der Waals surface area contributed by atoms with Crippen molar-refractivity contribution in [1.82, 2.24) is 0 Å². The minimum atomic E-state index is -3.75. The van der Waals surface area contributed by atoms with Crippen molar-refractivity contribution in [3.8, 4) is 6.07 Å². The number of amides is 1. The van der Waals surface area contributed by atoms with Gasteiger partial charge in [-0.05, 0) is 43.3 Å². The van der Waals surface area contributed by atoms with E-state index in [0.717, 1.165) is 5.56 Å². The van der Waals surface area contributed by atoms with E-state index in [1.165, 1.54) is 36.4 Å². The van der Waals surface area contributed by atoms with Gasteiger partial charge < -0.3 is 10.4 Å². The minimum Gasteiger partial charge on any atom is -0.506 e. The largest absolute Gasteiger partial charge is 0.506 e. The van der Waals surface area contributed by atoms with Crippen LogP contribution in [-0.4, -0.2) is 19.4 Å². The quantitative estimate of drug-likeness (QED) is 0.305. The van der Waals surface area contributed by atoms with Crippen LogP contribution >= 0.6 is 0 Å². The lowest BCUT2D eigenvalue weighted by Crippen LogP contribution is -2.15. The van der Waals surface area contributed by atoms with Crippen LogP contribution in [0.4, 0.5) is 11.4 Å². The highest BCUT2D eigenvalue weighted by Crippen LogP contribution is 2.21. The van der Waals surface area contributed by atoms with Crippen molar-refractivity contribution >= 4 is 33.1 Å². The van der Waals surface area contributed by atoms with Crippen molar-refractivity contribution in [3.05, 3.63) is 95.6 Å². The normalized spacial score (nSPS) is 11.7. The maximum absolute atomic E-state index is 12.5. The van der Waals surface area contributed by atoms with E-state index in [9.17, 15) is 23.6 Å². The molecule has 0 atom stereocenters. The van der Waals surface area contributed by atoms with Gasteiger partial charge in [0.05, 0.1) is 4.90 Å². The SMILES string of the molecule is Cc1ccc(S(=O)(=O)Nc2ccc(NC(=O)/C(C#N)=C(/O)c3ccccc3)cc2)cc1. The first-order chi connectivity index (χ1) is 14.8. The average molecular weight is 433 g/mol. The van der Waals surface area contributed by atoms with E-state index in [1.54, 1.807) is 48.5 Å². The molecule has 0 aliphatic rings. The second kappa shape index (κ2) is 9.15. The van der Waals surface area contributed by atoms with Gasteiger partial charge in [-0.3, -0.25) is 9.52 Å². The molecule has 1 amide bonds. The Labute approximate surface area is 180 Å². The molecule has 0 aliphatic heterocycles. The van der Waals surface area contributed by atoms with E-state index >= 15 is 0 Å². The van der Waals surface area contributed by atoms with Crippen LogP contribution in [0.2, 0.25) is 0 Å². The zero-order chi connectivity index (χ0) is 22.4. The number of nitriles is 1. The number of benzene rings is 3. The monoisotopic (exact) mass is 433 g/mol. The van der Waals surface area contributed by atoms with E-state index in [4.69, 9.17) is 0 Å². The third kappa shape index (κ3) is 5.29. The van der Waals surface area contributed by atoms with Crippen LogP contribution in [0.3, 0.4) is 0 Å². The Morgan fingerprint density at radius 2 is 1.48 bits per heavy atom. The van der Waals surface area contributed by atoms with Crippen LogP contribution in [0, 0.1) is 18.3 Å². The topological polar surface area (TPSA) is 119 Å². The Bertz CT molecular complexity index is 1260. The number of anilines is 2. The van der Waals surface area contributed by atoms with Crippen molar-refractivity contribution in [2.45, 2.75) is 11.8 Å². The predicted molar refractivity (Wildman–Crippen MR) is 119 cm³/mol. The third-order valence-electron chi connectivity index (χ3n) is 4.35. The number of carbonyl (C=O) groups is 1. The maximum Gasteiger partial charge on any atom is 0.270 e. The molecule has 0 spiro atoms. The fourth-order valence-corrected chi connectivity index (χ4v) is 3.76. The van der Waals surface area contributed by atoms with E-state index in [-0.39, 0.29) is 4.90 Å². The van der Waals surface area contributed by atoms with Crippen molar-refractivity contribution in [1.29, 1.82) is 5.26 Å².